The molecule has 0 aliphatic carbocycles. The van der Waals surface area contributed by atoms with Crippen molar-refractivity contribution in [2.24, 2.45) is 0 Å². The van der Waals surface area contributed by atoms with Crippen LogP contribution in [0.4, 0.5) is 0 Å². The van der Waals surface area contributed by atoms with Crippen molar-refractivity contribution in [3.63, 3.8) is 0 Å². The van der Waals surface area contributed by atoms with Gasteiger partial charge in [-0.25, -0.2) is 0 Å². The van der Waals surface area contributed by atoms with Crippen molar-refractivity contribution in [1.82, 2.24) is 10.2 Å². The first-order chi connectivity index (χ1) is 7.36. The van der Waals surface area contributed by atoms with Crippen LogP contribution in [0.1, 0.15) is 32.6 Å². The molecule has 0 amide bonds. The normalized spacial score (nSPS) is 22.4. The molecule has 1 aliphatic rings. The smallest absolute Gasteiger partial charge is 0.0462 e. The Bertz CT molecular complexity index is 153. The van der Waals surface area contributed by atoms with Crippen molar-refractivity contribution in [3.05, 3.63) is 0 Å². The van der Waals surface area contributed by atoms with E-state index in [1.165, 1.54) is 45.3 Å². The zero-order chi connectivity index (χ0) is 10.9. The number of unbranched alkanes of at least 4 members (excludes halogenated alkanes) is 2. The summed E-state index contributed by atoms with van der Waals surface area (Å²) in [6, 6.07) is 0.744. The first-order valence-electron chi connectivity index (χ1n) is 6.31. The van der Waals surface area contributed by atoms with Crippen LogP contribution in [-0.2, 0) is 4.74 Å². The van der Waals surface area contributed by atoms with Crippen LogP contribution in [0, 0.1) is 0 Å². The van der Waals surface area contributed by atoms with E-state index in [1.807, 2.05) is 0 Å². The Labute approximate surface area is 94.2 Å². The van der Waals surface area contributed by atoms with Crippen LogP contribution >= 0.6 is 0 Å². The van der Waals surface area contributed by atoms with Gasteiger partial charge in [0.1, 0.15) is 0 Å². The summed E-state index contributed by atoms with van der Waals surface area (Å²) in [4.78, 5) is 2.58. The highest BCUT2D eigenvalue weighted by Gasteiger charge is 2.20. The van der Waals surface area contributed by atoms with Gasteiger partial charge in [0, 0.05) is 26.3 Å². The summed E-state index contributed by atoms with van der Waals surface area (Å²) < 4.78 is 5.04. The van der Waals surface area contributed by atoms with Gasteiger partial charge < -0.3 is 15.0 Å². The lowest BCUT2D eigenvalue weighted by Crippen LogP contribution is -2.32. The molecule has 0 bridgehead atoms. The Morgan fingerprint density at radius 2 is 2.20 bits per heavy atom. The third-order valence-corrected chi connectivity index (χ3v) is 3.09. The fourth-order valence-corrected chi connectivity index (χ4v) is 2.25. The van der Waals surface area contributed by atoms with Crippen molar-refractivity contribution in [3.8, 4) is 0 Å². The van der Waals surface area contributed by atoms with Crippen LogP contribution in [0.3, 0.4) is 0 Å². The molecule has 1 atom stereocenters. The topological polar surface area (TPSA) is 24.5 Å². The molecular weight excluding hydrogens is 188 g/mol. The number of rotatable bonds is 8. The van der Waals surface area contributed by atoms with Crippen molar-refractivity contribution in [2.45, 2.75) is 38.6 Å². The summed E-state index contributed by atoms with van der Waals surface area (Å²) in [5.41, 5.74) is 0. The molecule has 1 unspecified atom stereocenters. The predicted octanol–water partition coefficient (Wildman–Crippen LogP) is 1.49. The molecule has 1 fully saturated rings. The second-order valence-corrected chi connectivity index (χ2v) is 4.40. The van der Waals surface area contributed by atoms with E-state index in [1.54, 1.807) is 7.11 Å². The molecule has 3 heteroatoms. The molecule has 0 spiro atoms. The van der Waals surface area contributed by atoms with Gasteiger partial charge in [-0.05, 0) is 45.3 Å². The van der Waals surface area contributed by atoms with Gasteiger partial charge in [0.25, 0.3) is 0 Å². The minimum Gasteiger partial charge on any atom is -0.385 e. The third-order valence-electron chi connectivity index (χ3n) is 3.09. The van der Waals surface area contributed by atoms with E-state index in [0.29, 0.717) is 0 Å². The lowest BCUT2D eigenvalue weighted by atomic mass is 10.2. The van der Waals surface area contributed by atoms with E-state index >= 15 is 0 Å². The highest BCUT2D eigenvalue weighted by molar-refractivity contribution is 4.80. The Balaban J connectivity index is 1.94. The Morgan fingerprint density at radius 3 is 2.93 bits per heavy atom. The quantitative estimate of drug-likeness (QED) is 0.620. The van der Waals surface area contributed by atoms with Gasteiger partial charge in [-0.2, -0.15) is 0 Å². The van der Waals surface area contributed by atoms with E-state index in [4.69, 9.17) is 4.74 Å². The van der Waals surface area contributed by atoms with Gasteiger partial charge in [0.2, 0.25) is 0 Å². The predicted molar refractivity (Wildman–Crippen MR) is 64.2 cm³/mol. The largest absolute Gasteiger partial charge is 0.385 e. The second kappa shape index (κ2) is 8.08. The highest BCUT2D eigenvalue weighted by atomic mass is 16.5. The van der Waals surface area contributed by atoms with E-state index < -0.39 is 0 Å². The molecule has 0 aromatic carbocycles. The van der Waals surface area contributed by atoms with Gasteiger partial charge >= 0.3 is 0 Å². The minimum absolute atomic E-state index is 0.744. The maximum absolute atomic E-state index is 5.04. The number of likely N-dealkylation sites (N-methyl/N-ethyl adjacent to an activating group) is 1. The second-order valence-electron chi connectivity index (χ2n) is 4.40. The molecule has 1 saturated heterocycles. The van der Waals surface area contributed by atoms with Gasteiger partial charge in [0.15, 0.2) is 0 Å². The zero-order valence-electron chi connectivity index (χ0n) is 10.3. The summed E-state index contributed by atoms with van der Waals surface area (Å²) in [6.07, 6.45) is 5.16. The monoisotopic (exact) mass is 214 g/mol. The van der Waals surface area contributed by atoms with E-state index in [9.17, 15) is 0 Å². The standard InChI is InChI=1S/C12H26N2O/c1-3-13-12-7-9-14(11-12)8-5-4-6-10-15-2/h12-13H,3-11H2,1-2H3. The van der Waals surface area contributed by atoms with E-state index in [-0.39, 0.29) is 0 Å². The Hall–Kier alpha value is -0.120. The Kier molecular flexibility index (Phi) is 6.98. The number of hydrogen-bond donors (Lipinski definition) is 1. The summed E-state index contributed by atoms with van der Waals surface area (Å²) in [5.74, 6) is 0. The molecule has 0 saturated carbocycles. The first kappa shape index (κ1) is 12.9. The van der Waals surface area contributed by atoms with Crippen molar-refractivity contribution in [1.29, 1.82) is 0 Å². The molecule has 0 radical (unpaired) electrons. The minimum atomic E-state index is 0.744. The summed E-state index contributed by atoms with van der Waals surface area (Å²) in [7, 11) is 1.78. The summed E-state index contributed by atoms with van der Waals surface area (Å²) in [6.45, 7) is 8.01. The van der Waals surface area contributed by atoms with Crippen LogP contribution in [0.25, 0.3) is 0 Å². The number of ether oxygens (including phenoxy) is 1. The van der Waals surface area contributed by atoms with Crippen LogP contribution < -0.4 is 5.32 Å². The number of nitrogens with one attached hydrogen (secondary N) is 1. The number of methoxy groups -OCH3 is 1. The van der Waals surface area contributed by atoms with Crippen molar-refractivity contribution < 1.29 is 4.74 Å². The van der Waals surface area contributed by atoms with Crippen molar-refractivity contribution in [2.75, 3.05) is 39.9 Å². The maximum Gasteiger partial charge on any atom is 0.0462 e. The van der Waals surface area contributed by atoms with Gasteiger partial charge in [0.05, 0.1) is 0 Å². The molecule has 90 valence electrons. The van der Waals surface area contributed by atoms with Gasteiger partial charge in [-0.3, -0.25) is 0 Å². The van der Waals surface area contributed by atoms with E-state index in [0.717, 1.165) is 19.2 Å². The number of nitrogens with zero attached hydrogens (tertiary/aromatic N) is 1. The molecule has 15 heavy (non-hydrogen) atoms. The SMILES string of the molecule is CCNC1CCN(CCCCCOC)C1. The lowest BCUT2D eigenvalue weighted by Gasteiger charge is -2.15. The van der Waals surface area contributed by atoms with Crippen molar-refractivity contribution >= 4 is 0 Å². The zero-order valence-corrected chi connectivity index (χ0v) is 10.3. The van der Waals surface area contributed by atoms with Crippen LogP contribution in [0.2, 0.25) is 0 Å². The summed E-state index contributed by atoms with van der Waals surface area (Å²) >= 11 is 0. The number of hydrogen-bond acceptors (Lipinski definition) is 3. The molecule has 1 rings (SSSR count). The first-order valence-corrected chi connectivity index (χ1v) is 6.31. The van der Waals surface area contributed by atoms with Crippen LogP contribution in [-0.4, -0.2) is 50.8 Å². The molecule has 3 nitrogen and oxygen atoms in total. The fraction of sp³-hybridized carbons (Fsp3) is 1.00. The third kappa shape index (κ3) is 5.50. The van der Waals surface area contributed by atoms with Gasteiger partial charge in [-0.15, -0.1) is 0 Å². The lowest BCUT2D eigenvalue weighted by molar-refractivity contribution is 0.190. The summed E-state index contributed by atoms with van der Waals surface area (Å²) in [5, 5.41) is 3.52. The van der Waals surface area contributed by atoms with Crippen LogP contribution in [0.5, 0.6) is 0 Å². The molecular formula is C12H26N2O. The molecule has 0 aromatic rings. The molecule has 0 aromatic heterocycles. The molecule has 1 N–H and O–H groups in total. The number of likely N-dealkylation sites (tertiary alicyclic amines) is 1. The average molecular weight is 214 g/mol. The van der Waals surface area contributed by atoms with E-state index in [2.05, 4.69) is 17.1 Å². The van der Waals surface area contributed by atoms with Crippen LogP contribution in [0.15, 0.2) is 0 Å². The highest BCUT2D eigenvalue weighted by Crippen LogP contribution is 2.10. The van der Waals surface area contributed by atoms with Gasteiger partial charge in [-0.1, -0.05) is 6.92 Å². The maximum atomic E-state index is 5.04. The average Bonchev–Trinajstić information content (AvgIpc) is 2.66. The molecule has 1 heterocycles. The fourth-order valence-electron chi connectivity index (χ4n) is 2.25. The Morgan fingerprint density at radius 1 is 1.33 bits per heavy atom. The molecule has 1 aliphatic heterocycles.